The van der Waals surface area contributed by atoms with Crippen LogP contribution < -0.4 is 13.9 Å². The van der Waals surface area contributed by atoms with Gasteiger partial charge in [-0.1, -0.05) is 57.2 Å². The molecule has 2 atom stereocenters. The van der Waals surface area contributed by atoms with Gasteiger partial charge in [-0.15, -0.1) is 0 Å². The Morgan fingerprint density at radius 2 is 1.45 bits per heavy atom. The third-order valence-corrected chi connectivity index (χ3v) is 13.4. The van der Waals surface area contributed by atoms with Crippen LogP contribution in [0.3, 0.4) is 0 Å². The number of hydrogen-bond donors (Lipinski definition) is 1. The standard InChI is InChI=1S/C32H41F4NO3SSi/c1-29(2,3)41(38)37-32(21-22-13-11-10-12-14-22,24-17-25(33)20-26(18-24)39-31(7,35)36)23-15-16-28(27(34)19-23)40-42(8,9)30(4,5)6/h10-20,37H,21H2,1-9H3. The van der Waals surface area contributed by atoms with E-state index in [9.17, 15) is 13.0 Å². The predicted molar refractivity (Wildman–Crippen MR) is 164 cm³/mol. The lowest BCUT2D eigenvalue weighted by Crippen LogP contribution is -2.50. The summed E-state index contributed by atoms with van der Waals surface area (Å²) in [7, 11) is -4.16. The highest BCUT2D eigenvalue weighted by Crippen LogP contribution is 2.41. The van der Waals surface area contributed by atoms with Gasteiger partial charge in [0.2, 0.25) is 0 Å². The van der Waals surface area contributed by atoms with Gasteiger partial charge >= 0.3 is 6.11 Å². The van der Waals surface area contributed by atoms with Crippen LogP contribution in [0.1, 0.15) is 65.2 Å². The Hall–Kier alpha value is -2.69. The monoisotopic (exact) mass is 623 g/mol. The van der Waals surface area contributed by atoms with E-state index < -0.39 is 53.1 Å². The van der Waals surface area contributed by atoms with Crippen LogP contribution in [0.2, 0.25) is 18.1 Å². The van der Waals surface area contributed by atoms with Crippen LogP contribution in [0.4, 0.5) is 17.6 Å². The summed E-state index contributed by atoms with van der Waals surface area (Å²) in [5.74, 6) is -1.83. The summed E-state index contributed by atoms with van der Waals surface area (Å²) in [5.41, 5.74) is -0.325. The zero-order chi connectivity index (χ0) is 31.7. The van der Waals surface area contributed by atoms with Crippen molar-refractivity contribution in [3.63, 3.8) is 0 Å². The van der Waals surface area contributed by atoms with Crippen LogP contribution in [0.15, 0.2) is 66.7 Å². The first-order chi connectivity index (χ1) is 19.1. The maximum absolute atomic E-state index is 15.9. The van der Waals surface area contributed by atoms with E-state index in [0.29, 0.717) is 12.5 Å². The minimum Gasteiger partial charge on any atom is -0.542 e. The molecule has 0 aliphatic heterocycles. The maximum atomic E-state index is 15.9. The molecular weight excluding hydrogens is 583 g/mol. The van der Waals surface area contributed by atoms with Gasteiger partial charge in [-0.3, -0.25) is 0 Å². The van der Waals surface area contributed by atoms with Crippen molar-refractivity contribution in [3.05, 3.63) is 95.1 Å². The van der Waals surface area contributed by atoms with Crippen LogP contribution in [0, 0.1) is 11.6 Å². The molecule has 1 N–H and O–H groups in total. The van der Waals surface area contributed by atoms with Crippen molar-refractivity contribution in [1.29, 1.82) is 0 Å². The van der Waals surface area contributed by atoms with Gasteiger partial charge in [-0.2, -0.15) is 8.78 Å². The summed E-state index contributed by atoms with van der Waals surface area (Å²) < 4.78 is 85.7. The number of ether oxygens (including phenoxy) is 1. The fraction of sp³-hybridized carbons (Fsp3) is 0.438. The summed E-state index contributed by atoms with van der Waals surface area (Å²) in [6, 6.07) is 16.8. The van der Waals surface area contributed by atoms with Gasteiger partial charge in [0.25, 0.3) is 8.32 Å². The molecule has 4 nitrogen and oxygen atoms in total. The van der Waals surface area contributed by atoms with E-state index >= 15 is 8.78 Å². The Morgan fingerprint density at radius 1 is 0.833 bits per heavy atom. The van der Waals surface area contributed by atoms with Crippen LogP contribution in [-0.4, -0.2) is 23.4 Å². The molecule has 0 amide bonds. The Labute approximate surface area is 250 Å². The molecule has 0 aliphatic rings. The van der Waals surface area contributed by atoms with Gasteiger partial charge in [0.15, 0.2) is 5.82 Å². The SMILES string of the molecule is CC(F)(F)Oc1cc(F)cc(C(Cc2ccccc2)(NS(=O)C(C)(C)C)c2ccc(O[Si](C)(C)C(C)(C)C)c(F)c2)c1. The Bertz CT molecular complexity index is 1420. The minimum atomic E-state index is -3.58. The Kier molecular flexibility index (Phi) is 9.76. The van der Waals surface area contributed by atoms with Crippen molar-refractivity contribution in [1.82, 2.24) is 4.72 Å². The largest absolute Gasteiger partial charge is 0.542 e. The van der Waals surface area contributed by atoms with E-state index in [1.54, 1.807) is 26.8 Å². The molecule has 0 radical (unpaired) electrons. The lowest BCUT2D eigenvalue weighted by Gasteiger charge is -2.39. The van der Waals surface area contributed by atoms with Gasteiger partial charge in [0.1, 0.15) is 17.3 Å². The Balaban J connectivity index is 2.32. The normalized spacial score (nSPS) is 15.2. The van der Waals surface area contributed by atoms with Crippen molar-refractivity contribution in [2.24, 2.45) is 0 Å². The number of alkyl halides is 2. The molecule has 10 heteroatoms. The number of benzene rings is 3. The predicted octanol–water partition coefficient (Wildman–Crippen LogP) is 8.88. The quantitative estimate of drug-likeness (QED) is 0.181. The lowest BCUT2D eigenvalue weighted by atomic mass is 9.78. The molecule has 0 aromatic heterocycles. The van der Waals surface area contributed by atoms with Gasteiger partial charge in [0, 0.05) is 13.0 Å². The van der Waals surface area contributed by atoms with Crippen molar-refractivity contribution in [2.75, 3.05) is 0 Å². The molecule has 3 aromatic carbocycles. The highest BCUT2D eigenvalue weighted by atomic mass is 32.2. The highest BCUT2D eigenvalue weighted by Gasteiger charge is 2.42. The Morgan fingerprint density at radius 3 is 1.98 bits per heavy atom. The molecule has 0 saturated carbocycles. The summed E-state index contributed by atoms with van der Waals surface area (Å²) in [4.78, 5) is 0. The van der Waals surface area contributed by atoms with Crippen LogP contribution in [-0.2, 0) is 22.9 Å². The topological polar surface area (TPSA) is 47.6 Å². The highest BCUT2D eigenvalue weighted by molar-refractivity contribution is 7.84. The maximum Gasteiger partial charge on any atom is 0.394 e. The number of rotatable bonds is 10. The molecule has 0 fully saturated rings. The number of halogens is 4. The zero-order valence-corrected chi connectivity index (χ0v) is 27.5. The second-order valence-corrected chi connectivity index (χ2v) is 19.8. The number of nitrogens with one attached hydrogen (secondary N) is 1. The first-order valence-electron chi connectivity index (χ1n) is 13.7. The first-order valence-corrected chi connectivity index (χ1v) is 17.8. The molecule has 0 saturated heterocycles. The zero-order valence-electron chi connectivity index (χ0n) is 25.7. The van der Waals surface area contributed by atoms with Crippen LogP contribution >= 0.6 is 0 Å². The molecule has 3 rings (SSSR count). The average molecular weight is 624 g/mol. The smallest absolute Gasteiger partial charge is 0.394 e. The van der Waals surface area contributed by atoms with E-state index in [2.05, 4.69) is 4.72 Å². The third-order valence-electron chi connectivity index (χ3n) is 7.39. The summed E-state index contributed by atoms with van der Waals surface area (Å²) in [6.45, 7) is 16.0. The molecule has 0 bridgehead atoms. The molecular formula is C32H41F4NO3SSi. The van der Waals surface area contributed by atoms with Crippen molar-refractivity contribution in [3.8, 4) is 11.5 Å². The van der Waals surface area contributed by atoms with Crippen LogP contribution in [0.5, 0.6) is 11.5 Å². The van der Waals surface area contributed by atoms with Gasteiger partial charge in [0.05, 0.1) is 21.3 Å². The second kappa shape index (κ2) is 12.1. The van der Waals surface area contributed by atoms with Gasteiger partial charge in [-0.25, -0.2) is 17.7 Å². The average Bonchev–Trinajstić information content (AvgIpc) is 2.82. The van der Waals surface area contributed by atoms with Crippen molar-refractivity contribution in [2.45, 2.75) is 89.4 Å². The molecule has 2 unspecified atom stereocenters. The molecule has 3 aromatic rings. The minimum absolute atomic E-state index is 0.0739. The van der Waals surface area contributed by atoms with Crippen molar-refractivity contribution < 1.29 is 30.9 Å². The fourth-order valence-corrected chi connectivity index (χ4v) is 6.04. The fourth-order valence-electron chi connectivity index (χ4n) is 4.09. The first kappa shape index (κ1) is 33.8. The van der Waals surface area contributed by atoms with Gasteiger partial charge < -0.3 is 9.16 Å². The van der Waals surface area contributed by atoms with E-state index in [-0.39, 0.29) is 22.8 Å². The van der Waals surface area contributed by atoms with E-state index in [0.717, 1.165) is 17.7 Å². The molecule has 0 aliphatic carbocycles. The second-order valence-electron chi connectivity index (χ2n) is 13.1. The summed E-state index contributed by atoms with van der Waals surface area (Å²) >= 11 is 0. The molecule has 230 valence electrons. The molecule has 0 heterocycles. The van der Waals surface area contributed by atoms with E-state index in [4.69, 9.17) is 9.16 Å². The third kappa shape index (κ3) is 8.23. The number of hydrogen-bond acceptors (Lipinski definition) is 3. The lowest BCUT2D eigenvalue weighted by molar-refractivity contribution is -0.159. The van der Waals surface area contributed by atoms with Gasteiger partial charge in [-0.05, 0) is 86.3 Å². The van der Waals surface area contributed by atoms with E-state index in [1.165, 1.54) is 18.2 Å². The summed E-state index contributed by atoms with van der Waals surface area (Å²) in [6.07, 6.45) is -3.49. The van der Waals surface area contributed by atoms with Crippen LogP contribution in [0.25, 0.3) is 0 Å². The molecule has 0 spiro atoms. The van der Waals surface area contributed by atoms with E-state index in [1.807, 2.05) is 64.2 Å². The molecule has 42 heavy (non-hydrogen) atoms. The summed E-state index contributed by atoms with van der Waals surface area (Å²) in [5, 5.41) is -0.181. The van der Waals surface area contributed by atoms with Crippen molar-refractivity contribution >= 4 is 19.3 Å².